The first-order chi connectivity index (χ1) is 7.58. The monoisotopic (exact) mass is 238 g/mol. The minimum absolute atomic E-state index is 0.154. The van der Waals surface area contributed by atoms with E-state index >= 15 is 0 Å². The minimum atomic E-state index is -0.502. The highest BCUT2D eigenvalue weighted by Gasteiger charge is 2.07. The molecule has 0 saturated heterocycles. The molecular weight excluding hydrogens is 228 g/mol. The molecule has 3 N–H and O–H groups in total. The van der Waals surface area contributed by atoms with E-state index in [1.807, 2.05) is 6.92 Å². The van der Waals surface area contributed by atoms with Gasteiger partial charge in [-0.15, -0.1) is 11.3 Å². The summed E-state index contributed by atoms with van der Waals surface area (Å²) in [6.07, 6.45) is 0. The van der Waals surface area contributed by atoms with Gasteiger partial charge in [0.1, 0.15) is 5.82 Å². The molecule has 7 heteroatoms. The zero-order valence-electron chi connectivity index (χ0n) is 8.56. The largest absolute Gasteiger partial charge is 0.385 e. The third-order valence-electron chi connectivity index (χ3n) is 2.21. The second-order valence-electron chi connectivity index (χ2n) is 3.31. The average Bonchev–Trinajstić information content (AvgIpc) is 2.57. The van der Waals surface area contributed by atoms with Crippen LogP contribution in [-0.4, -0.2) is 14.5 Å². The fraction of sp³-hybridized carbons (Fsp3) is 0.222. The summed E-state index contributed by atoms with van der Waals surface area (Å²) in [7, 11) is 0. The van der Waals surface area contributed by atoms with E-state index in [4.69, 9.17) is 5.73 Å². The molecule has 2 aromatic rings. The molecule has 0 aliphatic rings. The van der Waals surface area contributed by atoms with Crippen LogP contribution < -0.4 is 17.0 Å². The van der Waals surface area contributed by atoms with Crippen LogP contribution in [0.4, 0.5) is 5.82 Å². The number of nitrogens with one attached hydrogen (secondary N) is 1. The highest BCUT2D eigenvalue weighted by molar-refractivity contribution is 7.09. The van der Waals surface area contributed by atoms with Crippen molar-refractivity contribution < 1.29 is 0 Å². The molecule has 6 nitrogen and oxygen atoms in total. The Hall–Kier alpha value is -1.89. The Kier molecular flexibility index (Phi) is 2.61. The molecule has 0 aromatic carbocycles. The van der Waals surface area contributed by atoms with E-state index in [0.717, 1.165) is 10.6 Å². The number of aryl methyl sites for hydroxylation is 1. The maximum Gasteiger partial charge on any atom is 0.330 e. The van der Waals surface area contributed by atoms with Gasteiger partial charge in [-0.3, -0.25) is 14.3 Å². The number of nitrogens with two attached hydrogens (primary N) is 1. The lowest BCUT2D eigenvalue weighted by molar-refractivity contribution is 0.736. The third kappa shape index (κ3) is 1.89. The quantitative estimate of drug-likeness (QED) is 0.766. The Morgan fingerprint density at radius 2 is 2.31 bits per heavy atom. The lowest BCUT2D eigenvalue weighted by atomic mass is 10.4. The zero-order chi connectivity index (χ0) is 11.7. The van der Waals surface area contributed by atoms with Crippen LogP contribution in [0, 0.1) is 6.92 Å². The molecule has 0 aliphatic carbocycles. The standard InChI is InChI=1S/C9H10N4O2S/c1-5-6(16-4-11-5)3-13-7(10)2-8(14)12-9(13)15/h2,4H,3,10H2,1H3,(H,12,14,15). The maximum absolute atomic E-state index is 11.5. The van der Waals surface area contributed by atoms with Gasteiger partial charge in [-0.1, -0.05) is 0 Å². The predicted octanol–water partition coefficient (Wildman–Crippen LogP) is -0.0680. The van der Waals surface area contributed by atoms with E-state index in [9.17, 15) is 9.59 Å². The molecule has 0 saturated carbocycles. The van der Waals surface area contributed by atoms with Crippen molar-refractivity contribution in [2.45, 2.75) is 13.5 Å². The van der Waals surface area contributed by atoms with Crippen LogP contribution in [0.3, 0.4) is 0 Å². The molecule has 0 amide bonds. The van der Waals surface area contributed by atoms with Gasteiger partial charge in [0.15, 0.2) is 0 Å². The van der Waals surface area contributed by atoms with Gasteiger partial charge < -0.3 is 5.73 Å². The first-order valence-corrected chi connectivity index (χ1v) is 5.44. The first-order valence-electron chi connectivity index (χ1n) is 4.56. The topological polar surface area (TPSA) is 93.8 Å². The van der Waals surface area contributed by atoms with Crippen molar-refractivity contribution in [3.63, 3.8) is 0 Å². The first kappa shape index (κ1) is 10.6. The number of aromatic nitrogens is 3. The molecule has 16 heavy (non-hydrogen) atoms. The van der Waals surface area contributed by atoms with E-state index in [2.05, 4.69) is 9.97 Å². The summed E-state index contributed by atoms with van der Waals surface area (Å²) < 4.78 is 1.31. The number of thiazole rings is 1. The SMILES string of the molecule is Cc1ncsc1Cn1c(N)cc(=O)[nH]c1=O. The Bertz CT molecular complexity index is 625. The van der Waals surface area contributed by atoms with Gasteiger partial charge >= 0.3 is 5.69 Å². The van der Waals surface area contributed by atoms with E-state index in [0.29, 0.717) is 6.54 Å². The van der Waals surface area contributed by atoms with Gasteiger partial charge in [0, 0.05) is 10.9 Å². The number of aromatic amines is 1. The van der Waals surface area contributed by atoms with Crippen LogP contribution in [0.5, 0.6) is 0 Å². The van der Waals surface area contributed by atoms with Crippen LogP contribution >= 0.6 is 11.3 Å². The number of rotatable bonds is 2. The lowest BCUT2D eigenvalue weighted by Gasteiger charge is -2.06. The molecule has 0 aliphatic heterocycles. The predicted molar refractivity (Wildman–Crippen MR) is 61.7 cm³/mol. The summed E-state index contributed by atoms with van der Waals surface area (Å²) in [5, 5.41) is 0. The molecule has 2 heterocycles. The summed E-state index contributed by atoms with van der Waals surface area (Å²) in [5.41, 5.74) is 7.20. The molecular formula is C9H10N4O2S. The number of H-pyrrole nitrogens is 1. The maximum atomic E-state index is 11.5. The van der Waals surface area contributed by atoms with E-state index in [1.54, 1.807) is 5.51 Å². The Labute approximate surface area is 94.4 Å². The summed E-state index contributed by atoms with van der Waals surface area (Å²) in [5.74, 6) is 0.154. The second kappa shape index (κ2) is 3.93. The number of hydrogen-bond donors (Lipinski definition) is 2. The van der Waals surface area contributed by atoms with Crippen LogP contribution in [0.2, 0.25) is 0 Å². The Morgan fingerprint density at radius 3 is 2.88 bits per heavy atom. The molecule has 0 radical (unpaired) electrons. The van der Waals surface area contributed by atoms with Crippen molar-refractivity contribution in [2.75, 3.05) is 5.73 Å². The smallest absolute Gasteiger partial charge is 0.330 e. The highest BCUT2D eigenvalue weighted by Crippen LogP contribution is 2.13. The van der Waals surface area contributed by atoms with Crippen molar-refractivity contribution in [3.8, 4) is 0 Å². The highest BCUT2D eigenvalue weighted by atomic mass is 32.1. The average molecular weight is 238 g/mol. The molecule has 0 unspecified atom stereocenters. The van der Waals surface area contributed by atoms with Gasteiger partial charge in [-0.05, 0) is 6.92 Å². The van der Waals surface area contributed by atoms with E-state index in [1.165, 1.54) is 22.0 Å². The molecule has 0 atom stereocenters. The fourth-order valence-corrected chi connectivity index (χ4v) is 2.09. The van der Waals surface area contributed by atoms with Gasteiger partial charge in [0.2, 0.25) is 0 Å². The molecule has 0 bridgehead atoms. The minimum Gasteiger partial charge on any atom is -0.385 e. The van der Waals surface area contributed by atoms with Crippen molar-refractivity contribution in [2.24, 2.45) is 0 Å². The van der Waals surface area contributed by atoms with Crippen LogP contribution in [0.25, 0.3) is 0 Å². The number of nitrogens with zero attached hydrogens (tertiary/aromatic N) is 2. The van der Waals surface area contributed by atoms with Crippen molar-refractivity contribution in [1.82, 2.24) is 14.5 Å². The van der Waals surface area contributed by atoms with Crippen LogP contribution in [-0.2, 0) is 6.54 Å². The zero-order valence-corrected chi connectivity index (χ0v) is 9.37. The van der Waals surface area contributed by atoms with Gasteiger partial charge in [0.25, 0.3) is 5.56 Å². The van der Waals surface area contributed by atoms with Crippen molar-refractivity contribution >= 4 is 17.2 Å². The normalized spacial score (nSPS) is 10.6. The molecule has 0 fully saturated rings. The number of nitrogen functional groups attached to an aromatic ring is 1. The van der Waals surface area contributed by atoms with Crippen LogP contribution in [0.1, 0.15) is 10.6 Å². The van der Waals surface area contributed by atoms with Crippen molar-refractivity contribution in [3.05, 3.63) is 43.0 Å². The number of anilines is 1. The molecule has 2 aromatic heterocycles. The summed E-state index contributed by atoms with van der Waals surface area (Å²) in [6, 6.07) is 1.19. The summed E-state index contributed by atoms with van der Waals surface area (Å²) >= 11 is 1.45. The molecule has 0 spiro atoms. The van der Waals surface area contributed by atoms with E-state index < -0.39 is 11.2 Å². The molecule has 2 rings (SSSR count). The lowest BCUT2D eigenvalue weighted by Crippen LogP contribution is -2.31. The molecule has 84 valence electrons. The van der Waals surface area contributed by atoms with Gasteiger partial charge in [-0.25, -0.2) is 9.78 Å². The van der Waals surface area contributed by atoms with Gasteiger partial charge in [-0.2, -0.15) is 0 Å². The summed E-state index contributed by atoms with van der Waals surface area (Å²) in [4.78, 5) is 29.7. The van der Waals surface area contributed by atoms with E-state index in [-0.39, 0.29) is 5.82 Å². The second-order valence-corrected chi connectivity index (χ2v) is 4.25. The Morgan fingerprint density at radius 1 is 1.56 bits per heavy atom. The summed E-state index contributed by atoms with van der Waals surface area (Å²) in [6.45, 7) is 2.19. The number of hydrogen-bond acceptors (Lipinski definition) is 5. The fourth-order valence-electron chi connectivity index (χ4n) is 1.32. The van der Waals surface area contributed by atoms with Gasteiger partial charge in [0.05, 0.1) is 17.7 Å². The van der Waals surface area contributed by atoms with Crippen LogP contribution in [0.15, 0.2) is 21.2 Å². The Balaban J connectivity index is 2.47. The van der Waals surface area contributed by atoms with Crippen molar-refractivity contribution in [1.29, 1.82) is 0 Å². The third-order valence-corrected chi connectivity index (χ3v) is 3.13.